The molecule has 2 atom stereocenters. The molecule has 24 heavy (non-hydrogen) atoms. The van der Waals surface area contributed by atoms with Crippen molar-refractivity contribution in [3.05, 3.63) is 17.0 Å². The molecule has 1 aromatic rings. The summed E-state index contributed by atoms with van der Waals surface area (Å²) in [5.41, 5.74) is 2.38. The minimum absolute atomic E-state index is 0. The van der Waals surface area contributed by atoms with E-state index in [4.69, 9.17) is 4.74 Å². The third kappa shape index (κ3) is 2.83. The summed E-state index contributed by atoms with van der Waals surface area (Å²) in [6.07, 6.45) is 3.76. The van der Waals surface area contributed by atoms with E-state index in [-0.39, 0.29) is 36.4 Å². The molecule has 2 fully saturated rings. The minimum atomic E-state index is -0.0663. The normalized spacial score (nSPS) is 29.4. The second kappa shape index (κ2) is 7.00. The van der Waals surface area contributed by atoms with Gasteiger partial charge in [-0.05, 0) is 25.8 Å². The SMILES string of the molecule is Cl.O=C(c1n[nH]c2c1COCC2)N1CC[C@@]2(CO)CCCN[C@@H]2C1. The highest BCUT2D eigenvalue weighted by molar-refractivity contribution is 5.94. The number of aromatic amines is 1. The number of rotatable bonds is 2. The highest BCUT2D eigenvalue weighted by Crippen LogP contribution is 2.38. The van der Waals surface area contributed by atoms with Crippen LogP contribution in [0.15, 0.2) is 0 Å². The molecule has 0 unspecified atom stereocenters. The Morgan fingerprint density at radius 3 is 3.17 bits per heavy atom. The predicted octanol–water partition coefficient (Wildman–Crippen LogP) is 0.481. The molecular weight excluding hydrogens is 332 g/mol. The molecular formula is C16H25ClN4O3. The number of nitrogens with zero attached hydrogens (tertiary/aromatic N) is 2. The Hall–Kier alpha value is -1.15. The Balaban J connectivity index is 0.00000169. The Morgan fingerprint density at radius 2 is 2.33 bits per heavy atom. The maximum atomic E-state index is 12.9. The third-order valence-electron chi connectivity index (χ3n) is 5.76. The number of ether oxygens (including phenoxy) is 1. The van der Waals surface area contributed by atoms with E-state index < -0.39 is 0 Å². The maximum absolute atomic E-state index is 12.9. The standard InChI is InChI=1S/C16H24N4O3.ClH/c21-10-16-3-1-5-17-13(16)8-20(6-4-16)15(22)14-11-9-23-7-2-12(11)18-19-14;/h13,17,21H,1-10H2,(H,18,19);1H/t13-,16-;/m1./s1. The van der Waals surface area contributed by atoms with Gasteiger partial charge in [-0.1, -0.05) is 0 Å². The first-order chi connectivity index (χ1) is 11.2. The fourth-order valence-electron chi connectivity index (χ4n) is 4.23. The maximum Gasteiger partial charge on any atom is 0.274 e. The number of aliphatic hydroxyl groups excluding tert-OH is 1. The number of carbonyl (C=O) groups is 1. The summed E-state index contributed by atoms with van der Waals surface area (Å²) in [5, 5.41) is 20.6. The average molecular weight is 357 g/mol. The third-order valence-corrected chi connectivity index (χ3v) is 5.76. The summed E-state index contributed by atoms with van der Waals surface area (Å²) in [5.74, 6) is -0.0214. The molecule has 2 saturated heterocycles. The number of aromatic nitrogens is 2. The van der Waals surface area contributed by atoms with Crippen molar-refractivity contribution in [3.8, 4) is 0 Å². The highest BCUT2D eigenvalue weighted by atomic mass is 35.5. The quantitative estimate of drug-likeness (QED) is 0.717. The lowest BCUT2D eigenvalue weighted by Crippen LogP contribution is -2.62. The molecule has 0 saturated carbocycles. The van der Waals surface area contributed by atoms with E-state index in [1.807, 2.05) is 4.90 Å². The van der Waals surface area contributed by atoms with Gasteiger partial charge < -0.3 is 20.1 Å². The fourth-order valence-corrected chi connectivity index (χ4v) is 4.23. The van der Waals surface area contributed by atoms with Gasteiger partial charge in [0.15, 0.2) is 5.69 Å². The number of H-pyrrole nitrogens is 1. The first-order valence-electron chi connectivity index (χ1n) is 8.51. The molecule has 1 aromatic heterocycles. The number of halogens is 1. The van der Waals surface area contributed by atoms with E-state index in [2.05, 4.69) is 15.5 Å². The van der Waals surface area contributed by atoms with E-state index in [0.717, 1.165) is 43.5 Å². The highest BCUT2D eigenvalue weighted by Gasteiger charge is 2.45. The number of hydrogen-bond donors (Lipinski definition) is 3. The number of fused-ring (bicyclic) bond motifs is 2. The number of hydrogen-bond acceptors (Lipinski definition) is 5. The first kappa shape index (κ1) is 17.7. The molecule has 4 heterocycles. The van der Waals surface area contributed by atoms with Crippen LogP contribution in [-0.4, -0.2) is 65.0 Å². The van der Waals surface area contributed by atoms with E-state index in [9.17, 15) is 9.90 Å². The van der Waals surface area contributed by atoms with E-state index >= 15 is 0 Å². The van der Waals surface area contributed by atoms with Crippen molar-refractivity contribution in [2.75, 3.05) is 32.8 Å². The zero-order chi connectivity index (χ0) is 15.9. The van der Waals surface area contributed by atoms with Crippen LogP contribution in [-0.2, 0) is 17.8 Å². The van der Waals surface area contributed by atoms with Crippen LogP contribution in [0.2, 0.25) is 0 Å². The molecule has 1 amide bonds. The number of amides is 1. The van der Waals surface area contributed by atoms with Crippen LogP contribution in [0, 0.1) is 5.41 Å². The summed E-state index contributed by atoms with van der Waals surface area (Å²) >= 11 is 0. The number of aliphatic hydroxyl groups is 1. The topological polar surface area (TPSA) is 90.5 Å². The summed E-state index contributed by atoms with van der Waals surface area (Å²) in [4.78, 5) is 14.8. The van der Waals surface area contributed by atoms with Gasteiger partial charge in [-0.3, -0.25) is 9.89 Å². The lowest BCUT2D eigenvalue weighted by atomic mass is 9.70. The van der Waals surface area contributed by atoms with Crippen molar-refractivity contribution in [3.63, 3.8) is 0 Å². The van der Waals surface area contributed by atoms with Crippen LogP contribution in [0.1, 0.15) is 41.0 Å². The van der Waals surface area contributed by atoms with Crippen molar-refractivity contribution < 1.29 is 14.6 Å². The van der Waals surface area contributed by atoms with Crippen LogP contribution >= 0.6 is 12.4 Å². The molecule has 134 valence electrons. The second-order valence-electron chi connectivity index (χ2n) is 6.96. The second-order valence-corrected chi connectivity index (χ2v) is 6.96. The van der Waals surface area contributed by atoms with E-state index in [0.29, 0.717) is 32.0 Å². The van der Waals surface area contributed by atoms with Gasteiger partial charge in [0.05, 0.1) is 19.8 Å². The van der Waals surface area contributed by atoms with Gasteiger partial charge in [0, 0.05) is 42.2 Å². The van der Waals surface area contributed by atoms with E-state index in [1.54, 1.807) is 0 Å². The van der Waals surface area contributed by atoms with Gasteiger partial charge in [0.2, 0.25) is 0 Å². The summed E-state index contributed by atoms with van der Waals surface area (Å²) in [7, 11) is 0. The monoisotopic (exact) mass is 356 g/mol. The largest absolute Gasteiger partial charge is 0.396 e. The molecule has 3 N–H and O–H groups in total. The molecule has 0 aliphatic carbocycles. The number of piperidine rings is 2. The number of likely N-dealkylation sites (tertiary alicyclic amines) is 1. The molecule has 7 nitrogen and oxygen atoms in total. The van der Waals surface area contributed by atoms with E-state index in [1.165, 1.54) is 0 Å². The lowest BCUT2D eigenvalue weighted by molar-refractivity contribution is -0.00912. The molecule has 8 heteroatoms. The molecule has 3 aliphatic rings. The Bertz CT molecular complexity index is 608. The predicted molar refractivity (Wildman–Crippen MR) is 90.3 cm³/mol. The van der Waals surface area contributed by atoms with Gasteiger partial charge >= 0.3 is 0 Å². The van der Waals surface area contributed by atoms with Gasteiger partial charge in [0.25, 0.3) is 5.91 Å². The van der Waals surface area contributed by atoms with Crippen molar-refractivity contribution >= 4 is 18.3 Å². The molecule has 0 aromatic carbocycles. The zero-order valence-electron chi connectivity index (χ0n) is 13.7. The van der Waals surface area contributed by atoms with Gasteiger partial charge in [-0.25, -0.2) is 0 Å². The average Bonchev–Trinajstić information content (AvgIpc) is 3.04. The Labute approximate surface area is 147 Å². The van der Waals surface area contributed by atoms with Crippen LogP contribution in [0.5, 0.6) is 0 Å². The summed E-state index contributed by atoms with van der Waals surface area (Å²) < 4.78 is 5.48. The van der Waals surface area contributed by atoms with Crippen molar-refractivity contribution in [1.82, 2.24) is 20.4 Å². The minimum Gasteiger partial charge on any atom is -0.396 e. The first-order valence-corrected chi connectivity index (χ1v) is 8.51. The zero-order valence-corrected chi connectivity index (χ0v) is 14.5. The van der Waals surface area contributed by atoms with Crippen molar-refractivity contribution in [2.45, 2.75) is 38.3 Å². The van der Waals surface area contributed by atoms with Crippen LogP contribution < -0.4 is 5.32 Å². The van der Waals surface area contributed by atoms with Crippen LogP contribution in [0.25, 0.3) is 0 Å². The summed E-state index contributed by atoms with van der Waals surface area (Å²) in [6.45, 7) is 3.61. The number of carbonyl (C=O) groups excluding carboxylic acids is 1. The van der Waals surface area contributed by atoms with Gasteiger partial charge in [0.1, 0.15) is 0 Å². The lowest BCUT2D eigenvalue weighted by Gasteiger charge is -2.50. The van der Waals surface area contributed by atoms with Gasteiger partial charge in [-0.2, -0.15) is 5.10 Å². The Kier molecular flexibility index (Phi) is 5.15. The molecule has 3 aliphatic heterocycles. The molecule has 0 radical (unpaired) electrons. The van der Waals surface area contributed by atoms with Crippen molar-refractivity contribution in [2.24, 2.45) is 5.41 Å². The van der Waals surface area contributed by atoms with Gasteiger partial charge in [-0.15, -0.1) is 12.4 Å². The van der Waals surface area contributed by atoms with Crippen LogP contribution in [0.4, 0.5) is 0 Å². The fraction of sp³-hybridized carbons (Fsp3) is 0.750. The number of nitrogens with one attached hydrogen (secondary N) is 2. The summed E-state index contributed by atoms with van der Waals surface area (Å²) in [6, 6.07) is 0.171. The van der Waals surface area contributed by atoms with Crippen molar-refractivity contribution in [1.29, 1.82) is 0 Å². The molecule has 0 spiro atoms. The molecule has 0 bridgehead atoms. The molecule has 4 rings (SSSR count). The Morgan fingerprint density at radius 1 is 1.46 bits per heavy atom. The van der Waals surface area contributed by atoms with Crippen LogP contribution in [0.3, 0.4) is 0 Å². The smallest absolute Gasteiger partial charge is 0.274 e.